The Bertz CT molecular complexity index is 530. The van der Waals surface area contributed by atoms with Crippen molar-refractivity contribution < 1.29 is 4.74 Å². The summed E-state index contributed by atoms with van der Waals surface area (Å²) in [6.07, 6.45) is 2.09. The predicted molar refractivity (Wildman–Crippen MR) is 88.4 cm³/mol. The van der Waals surface area contributed by atoms with Crippen molar-refractivity contribution in [1.82, 2.24) is 0 Å². The van der Waals surface area contributed by atoms with Crippen molar-refractivity contribution in [1.29, 1.82) is 0 Å². The summed E-state index contributed by atoms with van der Waals surface area (Å²) in [5.41, 5.74) is 11.2. The lowest BCUT2D eigenvalue weighted by Gasteiger charge is -2.14. The second kappa shape index (κ2) is 7.96. The molecule has 0 aliphatic rings. The zero-order valence-electron chi connectivity index (χ0n) is 13.0. The van der Waals surface area contributed by atoms with Crippen LogP contribution in [0.5, 0.6) is 0 Å². The number of hydrogen-bond donors (Lipinski definition) is 1. The third-order valence-corrected chi connectivity index (χ3v) is 3.57. The summed E-state index contributed by atoms with van der Waals surface area (Å²) in [7, 11) is 0. The van der Waals surface area contributed by atoms with Crippen LogP contribution in [-0.2, 0) is 11.2 Å². The molecular formula is C19H25NO. The summed E-state index contributed by atoms with van der Waals surface area (Å²) in [5.74, 6) is 0. The van der Waals surface area contributed by atoms with E-state index in [9.17, 15) is 0 Å². The van der Waals surface area contributed by atoms with Crippen LogP contribution < -0.4 is 5.73 Å². The SMILES string of the molecule is Cc1cc(C)cc(C(N)COCCCc2ccccc2)c1. The molecule has 2 heteroatoms. The molecular weight excluding hydrogens is 258 g/mol. The van der Waals surface area contributed by atoms with Gasteiger partial charge in [-0.25, -0.2) is 0 Å². The topological polar surface area (TPSA) is 35.2 Å². The average Bonchev–Trinajstić information content (AvgIpc) is 2.47. The van der Waals surface area contributed by atoms with Crippen molar-refractivity contribution >= 4 is 0 Å². The molecule has 2 N–H and O–H groups in total. The van der Waals surface area contributed by atoms with Crippen LogP contribution in [0.3, 0.4) is 0 Å². The zero-order valence-corrected chi connectivity index (χ0v) is 13.0. The molecule has 0 bridgehead atoms. The molecule has 0 spiro atoms. The van der Waals surface area contributed by atoms with Gasteiger partial charge in [-0.3, -0.25) is 0 Å². The van der Waals surface area contributed by atoms with Crippen LogP contribution in [0, 0.1) is 13.8 Å². The second-order valence-electron chi connectivity index (χ2n) is 5.69. The minimum Gasteiger partial charge on any atom is -0.379 e. The highest BCUT2D eigenvalue weighted by Crippen LogP contribution is 2.15. The van der Waals surface area contributed by atoms with Crippen LogP contribution in [0.4, 0.5) is 0 Å². The van der Waals surface area contributed by atoms with Gasteiger partial charge in [-0.15, -0.1) is 0 Å². The van der Waals surface area contributed by atoms with E-state index in [0.29, 0.717) is 6.61 Å². The van der Waals surface area contributed by atoms with E-state index in [4.69, 9.17) is 10.5 Å². The molecule has 0 radical (unpaired) electrons. The Morgan fingerprint density at radius 3 is 2.33 bits per heavy atom. The lowest BCUT2D eigenvalue weighted by atomic mass is 10.0. The van der Waals surface area contributed by atoms with Crippen LogP contribution in [0.15, 0.2) is 48.5 Å². The Hall–Kier alpha value is -1.64. The summed E-state index contributed by atoms with van der Waals surface area (Å²) < 4.78 is 5.73. The number of rotatable bonds is 7. The van der Waals surface area contributed by atoms with Crippen molar-refractivity contribution in [3.63, 3.8) is 0 Å². The Morgan fingerprint density at radius 2 is 1.67 bits per heavy atom. The van der Waals surface area contributed by atoms with Crippen LogP contribution in [0.1, 0.15) is 34.7 Å². The largest absolute Gasteiger partial charge is 0.379 e. The van der Waals surface area contributed by atoms with Gasteiger partial charge in [0.1, 0.15) is 0 Å². The van der Waals surface area contributed by atoms with Gasteiger partial charge in [0, 0.05) is 6.61 Å². The summed E-state index contributed by atoms with van der Waals surface area (Å²) in [6.45, 7) is 5.54. The van der Waals surface area contributed by atoms with Crippen LogP contribution in [-0.4, -0.2) is 13.2 Å². The highest BCUT2D eigenvalue weighted by molar-refractivity contribution is 5.30. The molecule has 2 rings (SSSR count). The maximum Gasteiger partial charge on any atom is 0.0659 e. The molecule has 0 saturated carbocycles. The van der Waals surface area contributed by atoms with Crippen LogP contribution in [0.25, 0.3) is 0 Å². The normalized spacial score (nSPS) is 12.3. The first-order valence-corrected chi connectivity index (χ1v) is 7.60. The van der Waals surface area contributed by atoms with E-state index in [1.54, 1.807) is 0 Å². The molecule has 1 unspecified atom stereocenters. The van der Waals surface area contributed by atoms with Gasteiger partial charge in [0.15, 0.2) is 0 Å². The first-order chi connectivity index (χ1) is 10.1. The Balaban J connectivity index is 1.70. The summed E-state index contributed by atoms with van der Waals surface area (Å²) in [5, 5.41) is 0. The molecule has 0 aliphatic heterocycles. The molecule has 0 heterocycles. The highest BCUT2D eigenvalue weighted by Gasteiger charge is 2.07. The number of ether oxygens (including phenoxy) is 1. The fraction of sp³-hybridized carbons (Fsp3) is 0.368. The van der Waals surface area contributed by atoms with Gasteiger partial charge in [0.2, 0.25) is 0 Å². The van der Waals surface area contributed by atoms with E-state index in [1.807, 2.05) is 6.07 Å². The highest BCUT2D eigenvalue weighted by atomic mass is 16.5. The standard InChI is InChI=1S/C19H25NO/c1-15-11-16(2)13-18(12-15)19(20)14-21-10-6-9-17-7-4-3-5-8-17/h3-5,7-8,11-13,19H,6,9-10,14,20H2,1-2H3. The van der Waals surface area contributed by atoms with E-state index in [-0.39, 0.29) is 6.04 Å². The molecule has 2 aromatic carbocycles. The summed E-state index contributed by atoms with van der Waals surface area (Å²) in [6, 6.07) is 16.9. The summed E-state index contributed by atoms with van der Waals surface area (Å²) in [4.78, 5) is 0. The van der Waals surface area contributed by atoms with Gasteiger partial charge in [0.05, 0.1) is 12.6 Å². The van der Waals surface area contributed by atoms with E-state index in [1.165, 1.54) is 16.7 Å². The van der Waals surface area contributed by atoms with E-state index in [2.05, 4.69) is 56.3 Å². The van der Waals surface area contributed by atoms with Crippen LogP contribution in [0.2, 0.25) is 0 Å². The monoisotopic (exact) mass is 283 g/mol. The smallest absolute Gasteiger partial charge is 0.0659 e. The van der Waals surface area contributed by atoms with Gasteiger partial charge in [0.25, 0.3) is 0 Å². The number of benzene rings is 2. The molecule has 0 amide bonds. The van der Waals surface area contributed by atoms with Crippen molar-refractivity contribution in [2.24, 2.45) is 5.73 Å². The minimum absolute atomic E-state index is 0.0414. The van der Waals surface area contributed by atoms with E-state index in [0.717, 1.165) is 25.0 Å². The quantitative estimate of drug-likeness (QED) is 0.781. The lowest BCUT2D eigenvalue weighted by molar-refractivity contribution is 0.119. The maximum absolute atomic E-state index is 6.20. The molecule has 1 atom stereocenters. The third-order valence-electron chi connectivity index (χ3n) is 3.57. The third kappa shape index (κ3) is 5.33. The zero-order chi connectivity index (χ0) is 15.1. The Labute approximate surface area is 127 Å². The first-order valence-electron chi connectivity index (χ1n) is 7.60. The number of nitrogens with two attached hydrogens (primary N) is 1. The molecule has 0 saturated heterocycles. The lowest BCUT2D eigenvalue weighted by Crippen LogP contribution is -2.18. The molecule has 2 nitrogen and oxygen atoms in total. The second-order valence-corrected chi connectivity index (χ2v) is 5.69. The van der Waals surface area contributed by atoms with E-state index < -0.39 is 0 Å². The fourth-order valence-corrected chi connectivity index (χ4v) is 2.55. The maximum atomic E-state index is 6.20. The van der Waals surface area contributed by atoms with Crippen LogP contribution >= 0.6 is 0 Å². The van der Waals surface area contributed by atoms with Gasteiger partial charge in [-0.05, 0) is 37.8 Å². The molecule has 0 aromatic heterocycles. The van der Waals surface area contributed by atoms with Crippen molar-refractivity contribution in [2.45, 2.75) is 32.7 Å². The van der Waals surface area contributed by atoms with E-state index >= 15 is 0 Å². The van der Waals surface area contributed by atoms with Crippen molar-refractivity contribution in [3.05, 3.63) is 70.8 Å². The Morgan fingerprint density at radius 1 is 1.00 bits per heavy atom. The molecule has 0 fully saturated rings. The number of aryl methyl sites for hydroxylation is 3. The van der Waals surface area contributed by atoms with Gasteiger partial charge < -0.3 is 10.5 Å². The predicted octanol–water partition coefficient (Wildman–Crippen LogP) is 3.95. The van der Waals surface area contributed by atoms with Gasteiger partial charge in [-0.1, -0.05) is 59.7 Å². The number of hydrogen-bond acceptors (Lipinski definition) is 2. The Kier molecular flexibility index (Phi) is 5.97. The van der Waals surface area contributed by atoms with Crippen molar-refractivity contribution in [3.8, 4) is 0 Å². The van der Waals surface area contributed by atoms with Gasteiger partial charge >= 0.3 is 0 Å². The fourth-order valence-electron chi connectivity index (χ4n) is 2.55. The average molecular weight is 283 g/mol. The molecule has 112 valence electrons. The minimum atomic E-state index is -0.0414. The van der Waals surface area contributed by atoms with Crippen molar-refractivity contribution in [2.75, 3.05) is 13.2 Å². The molecule has 0 aliphatic carbocycles. The first kappa shape index (κ1) is 15.7. The molecule has 21 heavy (non-hydrogen) atoms. The summed E-state index contributed by atoms with van der Waals surface area (Å²) >= 11 is 0. The van der Waals surface area contributed by atoms with Gasteiger partial charge in [-0.2, -0.15) is 0 Å². The molecule has 2 aromatic rings.